The second kappa shape index (κ2) is 7.61. The van der Waals surface area contributed by atoms with Crippen LogP contribution < -0.4 is 10.6 Å². The molecule has 3 rings (SSSR count). The highest BCUT2D eigenvalue weighted by atomic mass is 35.5. The Morgan fingerprint density at radius 3 is 2.26 bits per heavy atom. The molecular formula is C18H17ClN4. The van der Waals surface area contributed by atoms with E-state index in [0.29, 0.717) is 19.0 Å². The van der Waals surface area contributed by atoms with Gasteiger partial charge in [0.05, 0.1) is 0 Å². The molecule has 2 N–H and O–H groups in total. The van der Waals surface area contributed by atoms with Gasteiger partial charge < -0.3 is 10.6 Å². The highest BCUT2D eigenvalue weighted by Gasteiger charge is 2.00. The highest BCUT2D eigenvalue weighted by molar-refractivity contribution is 6.30. The molecule has 0 aliphatic carbocycles. The first kappa shape index (κ1) is 15.3. The van der Waals surface area contributed by atoms with E-state index in [0.717, 1.165) is 16.4 Å². The lowest BCUT2D eigenvalue weighted by atomic mass is 10.2. The zero-order valence-electron chi connectivity index (χ0n) is 12.5. The Labute approximate surface area is 140 Å². The van der Waals surface area contributed by atoms with Gasteiger partial charge in [-0.1, -0.05) is 54.1 Å². The van der Waals surface area contributed by atoms with Gasteiger partial charge >= 0.3 is 0 Å². The van der Waals surface area contributed by atoms with Crippen molar-refractivity contribution in [3.63, 3.8) is 0 Å². The van der Waals surface area contributed by atoms with E-state index in [-0.39, 0.29) is 0 Å². The number of nitrogens with zero attached hydrogens (tertiary/aromatic N) is 2. The minimum Gasteiger partial charge on any atom is -0.366 e. The van der Waals surface area contributed by atoms with Crippen LogP contribution in [0.1, 0.15) is 11.1 Å². The summed E-state index contributed by atoms with van der Waals surface area (Å²) in [5.74, 6) is 1.39. The summed E-state index contributed by atoms with van der Waals surface area (Å²) in [6.07, 6.45) is 1.74. The number of hydrogen-bond acceptors (Lipinski definition) is 4. The summed E-state index contributed by atoms with van der Waals surface area (Å²) >= 11 is 5.89. The Morgan fingerprint density at radius 1 is 0.783 bits per heavy atom. The topological polar surface area (TPSA) is 49.8 Å². The molecule has 0 unspecified atom stereocenters. The van der Waals surface area contributed by atoms with Gasteiger partial charge in [-0.3, -0.25) is 0 Å². The van der Waals surface area contributed by atoms with Gasteiger partial charge in [-0.2, -0.15) is 4.98 Å². The van der Waals surface area contributed by atoms with Crippen molar-refractivity contribution in [2.24, 2.45) is 0 Å². The third kappa shape index (κ3) is 4.69. The number of benzene rings is 2. The summed E-state index contributed by atoms with van der Waals surface area (Å²) < 4.78 is 0. The molecule has 0 amide bonds. The highest BCUT2D eigenvalue weighted by Crippen LogP contribution is 2.12. The van der Waals surface area contributed by atoms with Gasteiger partial charge in [-0.25, -0.2) is 4.98 Å². The predicted octanol–water partition coefficient (Wildman–Crippen LogP) is 4.35. The molecule has 116 valence electrons. The molecule has 1 heterocycles. The maximum atomic E-state index is 5.89. The third-order valence-electron chi connectivity index (χ3n) is 3.34. The number of anilines is 2. The number of hydrogen-bond donors (Lipinski definition) is 2. The molecule has 0 aliphatic heterocycles. The van der Waals surface area contributed by atoms with Crippen LogP contribution in [0.25, 0.3) is 0 Å². The van der Waals surface area contributed by atoms with Gasteiger partial charge in [0, 0.05) is 24.3 Å². The number of nitrogens with one attached hydrogen (secondary N) is 2. The van der Waals surface area contributed by atoms with Gasteiger partial charge in [0.1, 0.15) is 5.82 Å². The zero-order valence-corrected chi connectivity index (χ0v) is 13.3. The minimum absolute atomic E-state index is 0.606. The van der Waals surface area contributed by atoms with E-state index >= 15 is 0 Å². The van der Waals surface area contributed by atoms with Crippen LogP contribution in [-0.4, -0.2) is 9.97 Å². The van der Waals surface area contributed by atoms with Crippen LogP contribution in [0.15, 0.2) is 66.9 Å². The molecule has 0 bridgehead atoms. The summed E-state index contributed by atoms with van der Waals surface area (Å²) in [5, 5.41) is 7.25. The van der Waals surface area contributed by atoms with Crippen molar-refractivity contribution in [1.29, 1.82) is 0 Å². The van der Waals surface area contributed by atoms with E-state index in [1.807, 2.05) is 48.5 Å². The third-order valence-corrected chi connectivity index (χ3v) is 3.59. The molecule has 0 atom stereocenters. The van der Waals surface area contributed by atoms with Crippen LogP contribution in [0.4, 0.5) is 11.8 Å². The fraction of sp³-hybridized carbons (Fsp3) is 0.111. The maximum Gasteiger partial charge on any atom is 0.224 e. The second-order valence-electron chi connectivity index (χ2n) is 5.08. The average molecular weight is 325 g/mol. The lowest BCUT2D eigenvalue weighted by Crippen LogP contribution is -2.06. The first-order valence-electron chi connectivity index (χ1n) is 7.39. The van der Waals surface area contributed by atoms with Crippen molar-refractivity contribution >= 4 is 23.4 Å². The smallest absolute Gasteiger partial charge is 0.224 e. The molecule has 23 heavy (non-hydrogen) atoms. The van der Waals surface area contributed by atoms with Crippen molar-refractivity contribution in [2.45, 2.75) is 13.1 Å². The molecule has 0 radical (unpaired) electrons. The van der Waals surface area contributed by atoms with E-state index in [1.165, 1.54) is 5.56 Å². The van der Waals surface area contributed by atoms with Crippen LogP contribution in [0.3, 0.4) is 0 Å². The molecule has 2 aromatic carbocycles. The van der Waals surface area contributed by atoms with Gasteiger partial charge in [0.25, 0.3) is 0 Å². The lowest BCUT2D eigenvalue weighted by Gasteiger charge is -2.08. The zero-order chi connectivity index (χ0) is 15.9. The van der Waals surface area contributed by atoms with Crippen molar-refractivity contribution in [3.05, 3.63) is 83.0 Å². The first-order valence-corrected chi connectivity index (χ1v) is 7.76. The Bertz CT molecular complexity index is 744. The summed E-state index contributed by atoms with van der Waals surface area (Å²) in [5.41, 5.74) is 2.34. The van der Waals surface area contributed by atoms with Crippen LogP contribution in [0.5, 0.6) is 0 Å². The fourth-order valence-corrected chi connectivity index (χ4v) is 2.24. The summed E-state index contributed by atoms with van der Waals surface area (Å²) in [6.45, 7) is 1.38. The summed E-state index contributed by atoms with van der Waals surface area (Å²) in [7, 11) is 0. The van der Waals surface area contributed by atoms with E-state index in [1.54, 1.807) is 6.20 Å². The van der Waals surface area contributed by atoms with E-state index in [2.05, 4.69) is 32.7 Å². The largest absolute Gasteiger partial charge is 0.366 e. The standard InChI is InChI=1S/C18H17ClN4/c19-16-8-6-15(7-9-16)12-21-17-10-11-20-18(23-17)22-13-14-4-2-1-3-5-14/h1-11H,12-13H2,(H2,20,21,22,23). The van der Waals surface area contributed by atoms with Gasteiger partial charge in [-0.05, 0) is 29.3 Å². The normalized spacial score (nSPS) is 10.3. The van der Waals surface area contributed by atoms with Crippen LogP contribution >= 0.6 is 11.6 Å². The first-order chi connectivity index (χ1) is 11.3. The maximum absolute atomic E-state index is 5.89. The van der Waals surface area contributed by atoms with Crippen LogP contribution in [0, 0.1) is 0 Å². The molecule has 0 saturated carbocycles. The van der Waals surface area contributed by atoms with E-state index in [9.17, 15) is 0 Å². The average Bonchev–Trinajstić information content (AvgIpc) is 2.61. The number of halogens is 1. The van der Waals surface area contributed by atoms with Crippen molar-refractivity contribution in [3.8, 4) is 0 Å². The molecule has 0 fully saturated rings. The van der Waals surface area contributed by atoms with Crippen molar-refractivity contribution in [1.82, 2.24) is 9.97 Å². The fourth-order valence-electron chi connectivity index (χ4n) is 2.11. The van der Waals surface area contributed by atoms with Crippen LogP contribution in [-0.2, 0) is 13.1 Å². The molecule has 1 aromatic heterocycles. The van der Waals surface area contributed by atoms with Crippen molar-refractivity contribution in [2.75, 3.05) is 10.6 Å². The quantitative estimate of drug-likeness (QED) is 0.707. The molecule has 0 aliphatic rings. The Kier molecular flexibility index (Phi) is 5.06. The Hall–Kier alpha value is -2.59. The SMILES string of the molecule is Clc1ccc(CNc2ccnc(NCc3ccccc3)n2)cc1. The molecule has 0 saturated heterocycles. The summed E-state index contributed by atoms with van der Waals surface area (Å²) in [6, 6.07) is 19.8. The van der Waals surface area contributed by atoms with Crippen LogP contribution in [0.2, 0.25) is 5.02 Å². The molecule has 0 spiro atoms. The van der Waals surface area contributed by atoms with Gasteiger partial charge in [-0.15, -0.1) is 0 Å². The minimum atomic E-state index is 0.606. The molecule has 5 heteroatoms. The second-order valence-corrected chi connectivity index (χ2v) is 5.52. The molecule has 4 nitrogen and oxygen atoms in total. The Balaban J connectivity index is 1.57. The van der Waals surface area contributed by atoms with Gasteiger partial charge in [0.15, 0.2) is 0 Å². The van der Waals surface area contributed by atoms with E-state index < -0.39 is 0 Å². The molecule has 3 aromatic rings. The van der Waals surface area contributed by atoms with E-state index in [4.69, 9.17) is 11.6 Å². The monoisotopic (exact) mass is 324 g/mol. The summed E-state index contributed by atoms with van der Waals surface area (Å²) in [4.78, 5) is 8.70. The number of aromatic nitrogens is 2. The van der Waals surface area contributed by atoms with Crippen molar-refractivity contribution < 1.29 is 0 Å². The Morgan fingerprint density at radius 2 is 1.48 bits per heavy atom. The predicted molar refractivity (Wildman–Crippen MR) is 94.6 cm³/mol. The number of rotatable bonds is 6. The van der Waals surface area contributed by atoms with Gasteiger partial charge in [0.2, 0.25) is 5.95 Å². The molecular weight excluding hydrogens is 308 g/mol. The lowest BCUT2D eigenvalue weighted by molar-refractivity contribution is 1.03.